The molecule has 0 saturated carbocycles. The minimum atomic E-state index is -0.144. The van der Waals surface area contributed by atoms with Crippen molar-refractivity contribution >= 4 is 11.7 Å². The third-order valence-corrected chi connectivity index (χ3v) is 4.34. The smallest absolute Gasteiger partial charge is 0.321 e. The maximum atomic E-state index is 12.3. The first-order valence-corrected chi connectivity index (χ1v) is 8.97. The van der Waals surface area contributed by atoms with Crippen LogP contribution in [-0.2, 0) is 11.2 Å². The zero-order valence-corrected chi connectivity index (χ0v) is 15.1. The van der Waals surface area contributed by atoms with Gasteiger partial charge in [0.25, 0.3) is 0 Å². The number of hydrogen-bond donors (Lipinski definition) is 1. The minimum absolute atomic E-state index is 0.144. The van der Waals surface area contributed by atoms with Crippen LogP contribution in [0.15, 0.2) is 48.7 Å². The fourth-order valence-corrected chi connectivity index (χ4v) is 2.75. The van der Waals surface area contributed by atoms with E-state index in [1.54, 1.807) is 18.1 Å². The van der Waals surface area contributed by atoms with Crippen LogP contribution in [0, 0.1) is 0 Å². The van der Waals surface area contributed by atoms with E-state index in [1.165, 1.54) is 0 Å². The number of pyridine rings is 1. The van der Waals surface area contributed by atoms with Crippen molar-refractivity contribution in [3.63, 3.8) is 0 Å². The van der Waals surface area contributed by atoms with Crippen molar-refractivity contribution in [2.45, 2.75) is 25.4 Å². The van der Waals surface area contributed by atoms with Crippen LogP contribution in [0.5, 0.6) is 5.75 Å². The fraction of sp³-hybridized carbons (Fsp3) is 0.400. The number of benzene rings is 1. The van der Waals surface area contributed by atoms with Gasteiger partial charge in [-0.3, -0.25) is 4.98 Å². The van der Waals surface area contributed by atoms with Crippen molar-refractivity contribution in [1.29, 1.82) is 0 Å². The van der Waals surface area contributed by atoms with Gasteiger partial charge in [0.1, 0.15) is 12.4 Å². The van der Waals surface area contributed by atoms with Crippen LogP contribution in [0.1, 0.15) is 18.5 Å². The summed E-state index contributed by atoms with van der Waals surface area (Å²) >= 11 is 0. The summed E-state index contributed by atoms with van der Waals surface area (Å²) in [5.74, 6) is 0.780. The average molecular weight is 355 g/mol. The molecule has 1 aliphatic rings. The van der Waals surface area contributed by atoms with Gasteiger partial charge >= 0.3 is 6.03 Å². The summed E-state index contributed by atoms with van der Waals surface area (Å²) in [7, 11) is 1.78. The van der Waals surface area contributed by atoms with E-state index in [0.717, 1.165) is 43.0 Å². The van der Waals surface area contributed by atoms with Crippen molar-refractivity contribution in [3.05, 3.63) is 54.4 Å². The maximum Gasteiger partial charge on any atom is 0.321 e. The molecule has 0 spiro atoms. The zero-order chi connectivity index (χ0) is 18.2. The normalized spacial score (nSPS) is 16.3. The van der Waals surface area contributed by atoms with Crippen molar-refractivity contribution in [1.82, 2.24) is 9.88 Å². The minimum Gasteiger partial charge on any atom is -0.491 e. The highest BCUT2D eigenvalue weighted by Gasteiger charge is 2.16. The monoisotopic (exact) mass is 355 g/mol. The van der Waals surface area contributed by atoms with Crippen LogP contribution in [0.25, 0.3) is 0 Å². The Kier molecular flexibility index (Phi) is 6.44. The number of hydrogen-bond acceptors (Lipinski definition) is 4. The number of anilines is 1. The van der Waals surface area contributed by atoms with Crippen LogP contribution < -0.4 is 10.1 Å². The quantitative estimate of drug-likeness (QED) is 0.827. The Morgan fingerprint density at radius 2 is 2.15 bits per heavy atom. The highest BCUT2D eigenvalue weighted by atomic mass is 16.5. The van der Waals surface area contributed by atoms with Crippen LogP contribution in [-0.4, -0.2) is 48.8 Å². The van der Waals surface area contributed by atoms with Crippen LogP contribution in [0.2, 0.25) is 0 Å². The molecule has 0 aliphatic carbocycles. The molecule has 0 unspecified atom stereocenters. The lowest BCUT2D eigenvalue weighted by atomic mass is 10.2. The van der Waals surface area contributed by atoms with E-state index in [4.69, 9.17) is 9.47 Å². The largest absolute Gasteiger partial charge is 0.491 e. The highest BCUT2D eigenvalue weighted by molar-refractivity contribution is 5.89. The Labute approximate surface area is 154 Å². The predicted octanol–water partition coefficient (Wildman–Crippen LogP) is 3.35. The SMILES string of the molecule is CN(CCc1ccccn1)C(=O)Nc1ccc(OC[C@H]2CCCO2)cc1. The van der Waals surface area contributed by atoms with Crippen molar-refractivity contribution in [3.8, 4) is 5.75 Å². The summed E-state index contributed by atoms with van der Waals surface area (Å²) in [4.78, 5) is 18.2. The average Bonchev–Trinajstić information content (AvgIpc) is 3.20. The molecule has 6 nitrogen and oxygen atoms in total. The van der Waals surface area contributed by atoms with E-state index in [1.807, 2.05) is 42.5 Å². The van der Waals surface area contributed by atoms with E-state index in [-0.39, 0.29) is 12.1 Å². The number of carbonyl (C=O) groups excluding carboxylic acids is 1. The second kappa shape index (κ2) is 9.20. The molecular weight excluding hydrogens is 330 g/mol. The Hall–Kier alpha value is -2.60. The molecule has 0 bridgehead atoms. The Balaban J connectivity index is 1.42. The third kappa shape index (κ3) is 5.46. The zero-order valence-electron chi connectivity index (χ0n) is 15.1. The molecule has 2 aromatic rings. The molecule has 1 atom stereocenters. The van der Waals surface area contributed by atoms with E-state index in [0.29, 0.717) is 13.2 Å². The molecule has 1 aromatic carbocycles. The van der Waals surface area contributed by atoms with E-state index >= 15 is 0 Å². The Bertz CT molecular complexity index is 685. The van der Waals surface area contributed by atoms with Gasteiger partial charge in [-0.2, -0.15) is 0 Å². The van der Waals surface area contributed by atoms with Gasteiger partial charge in [-0.15, -0.1) is 0 Å². The van der Waals surface area contributed by atoms with Gasteiger partial charge in [-0.25, -0.2) is 4.79 Å². The first-order chi connectivity index (χ1) is 12.7. The lowest BCUT2D eigenvalue weighted by Crippen LogP contribution is -2.33. The summed E-state index contributed by atoms with van der Waals surface area (Å²) in [6.07, 6.45) is 4.84. The second-order valence-corrected chi connectivity index (χ2v) is 6.39. The topological polar surface area (TPSA) is 63.7 Å². The summed E-state index contributed by atoms with van der Waals surface area (Å²) in [6, 6.07) is 13.1. The molecule has 1 fully saturated rings. The van der Waals surface area contributed by atoms with Crippen LogP contribution >= 0.6 is 0 Å². The van der Waals surface area contributed by atoms with Crippen molar-refractivity contribution in [2.75, 3.05) is 32.1 Å². The van der Waals surface area contributed by atoms with E-state index < -0.39 is 0 Å². The molecule has 26 heavy (non-hydrogen) atoms. The molecule has 2 heterocycles. The van der Waals surface area contributed by atoms with Gasteiger partial charge in [0.2, 0.25) is 0 Å². The standard InChI is InChI=1S/C20H25N3O3/c1-23(13-11-16-5-2-3-12-21-16)20(24)22-17-7-9-18(10-8-17)26-15-19-6-4-14-25-19/h2-3,5,7-10,12,19H,4,6,11,13-15H2,1H3,(H,22,24)/t19-/m1/s1. The lowest BCUT2D eigenvalue weighted by Gasteiger charge is -2.18. The number of nitrogens with one attached hydrogen (secondary N) is 1. The molecule has 3 rings (SSSR count). The summed E-state index contributed by atoms with van der Waals surface area (Å²) in [5.41, 5.74) is 1.71. The van der Waals surface area contributed by atoms with Gasteiger partial charge < -0.3 is 19.7 Å². The van der Waals surface area contributed by atoms with Crippen molar-refractivity contribution < 1.29 is 14.3 Å². The first-order valence-electron chi connectivity index (χ1n) is 8.97. The van der Waals surface area contributed by atoms with Crippen molar-refractivity contribution in [2.24, 2.45) is 0 Å². The highest BCUT2D eigenvalue weighted by Crippen LogP contribution is 2.18. The lowest BCUT2D eigenvalue weighted by molar-refractivity contribution is 0.0679. The number of rotatable bonds is 7. The fourth-order valence-electron chi connectivity index (χ4n) is 2.75. The molecule has 1 saturated heterocycles. The first kappa shape index (κ1) is 18.2. The van der Waals surface area contributed by atoms with Crippen LogP contribution in [0.4, 0.5) is 10.5 Å². The van der Waals surface area contributed by atoms with Gasteiger partial charge in [-0.05, 0) is 49.2 Å². The molecule has 6 heteroatoms. The van der Waals surface area contributed by atoms with E-state index in [2.05, 4.69) is 10.3 Å². The predicted molar refractivity (Wildman–Crippen MR) is 101 cm³/mol. The van der Waals surface area contributed by atoms with Gasteiger partial charge in [-0.1, -0.05) is 6.07 Å². The second-order valence-electron chi connectivity index (χ2n) is 6.39. The number of ether oxygens (including phenoxy) is 2. The molecule has 2 amide bonds. The molecular formula is C20H25N3O3. The molecule has 1 N–H and O–H groups in total. The third-order valence-electron chi connectivity index (χ3n) is 4.34. The van der Waals surface area contributed by atoms with Gasteiger partial charge in [0.05, 0.1) is 6.10 Å². The van der Waals surface area contributed by atoms with Gasteiger partial charge in [0.15, 0.2) is 0 Å². The molecule has 138 valence electrons. The number of carbonyl (C=O) groups is 1. The number of likely N-dealkylation sites (N-methyl/N-ethyl adjacent to an activating group) is 1. The number of nitrogens with zero attached hydrogens (tertiary/aromatic N) is 2. The Morgan fingerprint density at radius 3 is 2.85 bits per heavy atom. The van der Waals surface area contributed by atoms with E-state index in [9.17, 15) is 4.79 Å². The Morgan fingerprint density at radius 1 is 1.31 bits per heavy atom. The molecule has 1 aromatic heterocycles. The maximum absolute atomic E-state index is 12.3. The van der Waals surface area contributed by atoms with Gasteiger partial charge in [0, 0.05) is 44.2 Å². The summed E-state index contributed by atoms with van der Waals surface area (Å²) in [5, 5.41) is 2.89. The molecule has 0 radical (unpaired) electrons. The number of urea groups is 1. The van der Waals surface area contributed by atoms with Crippen LogP contribution in [0.3, 0.4) is 0 Å². The number of aromatic nitrogens is 1. The number of amides is 2. The molecule has 1 aliphatic heterocycles. The summed E-state index contributed by atoms with van der Waals surface area (Å²) in [6.45, 7) is 2.00. The summed E-state index contributed by atoms with van der Waals surface area (Å²) < 4.78 is 11.3.